The number of amides is 1. The molecular weight excluding hydrogens is 506 g/mol. The van der Waals surface area contributed by atoms with E-state index < -0.39 is 6.04 Å². The normalized spacial score (nSPS) is 15.2. The molecule has 1 fully saturated rings. The number of hydrogen-bond acceptors (Lipinski definition) is 3. The van der Waals surface area contributed by atoms with Crippen molar-refractivity contribution in [2.75, 3.05) is 19.6 Å². The Morgan fingerprint density at radius 2 is 1.29 bits per heavy atom. The quantitative estimate of drug-likeness (QED) is 0.217. The highest BCUT2D eigenvalue weighted by Crippen LogP contribution is 2.33. The van der Waals surface area contributed by atoms with Crippen LogP contribution in [0.3, 0.4) is 0 Å². The summed E-state index contributed by atoms with van der Waals surface area (Å²) in [5.41, 5.74) is 3.56. The fraction of sp³-hybridized carbons (Fsp3) is 0.250. The van der Waals surface area contributed by atoms with Gasteiger partial charge in [0, 0.05) is 42.0 Å². The third kappa shape index (κ3) is 6.06. The molecule has 1 saturated heterocycles. The number of likely N-dealkylation sites (tertiary alicyclic amines) is 1. The van der Waals surface area contributed by atoms with E-state index in [0.29, 0.717) is 5.92 Å². The molecule has 0 bridgehead atoms. The topological polar surface area (TPSA) is 57.5 Å². The molecule has 0 aliphatic carbocycles. The monoisotopic (exact) mass is 543 g/mol. The highest BCUT2D eigenvalue weighted by atomic mass is 16.3. The summed E-state index contributed by atoms with van der Waals surface area (Å²) in [5.74, 6) is 0.399. The molecule has 1 atom stereocenters. The summed E-state index contributed by atoms with van der Waals surface area (Å²) in [7, 11) is 0. The number of aromatic nitrogens is 1. The molecule has 1 amide bonds. The summed E-state index contributed by atoms with van der Waals surface area (Å²) in [6.07, 6.45) is 4.75. The molecule has 6 rings (SSSR count). The molecule has 208 valence electrons. The van der Waals surface area contributed by atoms with E-state index in [-0.39, 0.29) is 17.8 Å². The van der Waals surface area contributed by atoms with E-state index in [9.17, 15) is 9.90 Å². The van der Waals surface area contributed by atoms with E-state index in [2.05, 4.69) is 70.9 Å². The van der Waals surface area contributed by atoms with Crippen LogP contribution in [0.25, 0.3) is 10.8 Å². The Bertz CT molecular complexity index is 1520. The Morgan fingerprint density at radius 3 is 1.88 bits per heavy atom. The lowest BCUT2D eigenvalue weighted by molar-refractivity contribution is -0.124. The average molecular weight is 544 g/mol. The van der Waals surface area contributed by atoms with E-state index in [0.717, 1.165) is 55.2 Å². The van der Waals surface area contributed by atoms with Crippen molar-refractivity contribution in [3.63, 3.8) is 0 Å². The fourth-order valence-electron chi connectivity index (χ4n) is 6.22. The predicted octanol–water partition coefficient (Wildman–Crippen LogP) is 6.74. The summed E-state index contributed by atoms with van der Waals surface area (Å²) >= 11 is 0. The van der Waals surface area contributed by atoms with Crippen LogP contribution in [0, 0.1) is 0 Å². The first kappa shape index (κ1) is 26.9. The zero-order valence-corrected chi connectivity index (χ0v) is 23.3. The minimum absolute atomic E-state index is 0.0847. The van der Waals surface area contributed by atoms with Gasteiger partial charge in [-0.05, 0) is 48.6 Å². The maximum atomic E-state index is 13.8. The first-order chi connectivity index (χ1) is 20.2. The lowest BCUT2D eigenvalue weighted by atomic mass is 9.88. The standard InChI is InChI=1S/C36H37N3O2/c40-35(34(29-16-8-3-9-17-29)39-26-30-18-10-11-19-33(30)36(39)41)37-31-20-23-38(24-21-31)25-22-32(27-12-4-1-5-13-27)28-14-6-2-7-15-28/h1-19,26,31-32,34,41H,20-25H2,(H,37,40). The lowest BCUT2D eigenvalue weighted by Gasteiger charge is -2.34. The summed E-state index contributed by atoms with van der Waals surface area (Å²) in [6.45, 7) is 2.93. The number of carbonyl (C=O) groups excluding carboxylic acids is 1. The van der Waals surface area contributed by atoms with E-state index in [1.165, 1.54) is 11.1 Å². The molecule has 5 aromatic rings. The van der Waals surface area contributed by atoms with E-state index in [1.54, 1.807) is 4.57 Å². The number of nitrogens with one attached hydrogen (secondary N) is 1. The van der Waals surface area contributed by atoms with Gasteiger partial charge in [-0.1, -0.05) is 109 Å². The van der Waals surface area contributed by atoms with Crippen molar-refractivity contribution < 1.29 is 9.90 Å². The number of benzene rings is 4. The molecule has 0 saturated carbocycles. The summed E-state index contributed by atoms with van der Waals surface area (Å²) in [6, 6.07) is 38.4. The number of aromatic hydroxyl groups is 1. The third-order valence-electron chi connectivity index (χ3n) is 8.44. The molecule has 1 aromatic heterocycles. The number of fused-ring (bicyclic) bond motifs is 1. The number of carbonyl (C=O) groups is 1. The second-order valence-electron chi connectivity index (χ2n) is 11.0. The number of nitrogens with zero attached hydrogens (tertiary/aromatic N) is 2. The van der Waals surface area contributed by atoms with Crippen LogP contribution in [0.2, 0.25) is 0 Å². The molecule has 4 aromatic carbocycles. The largest absolute Gasteiger partial charge is 0.494 e. The van der Waals surface area contributed by atoms with Crippen LogP contribution in [-0.2, 0) is 4.79 Å². The molecular formula is C36H37N3O2. The van der Waals surface area contributed by atoms with Gasteiger partial charge in [0.1, 0.15) is 6.04 Å². The van der Waals surface area contributed by atoms with Crippen molar-refractivity contribution >= 4 is 16.7 Å². The molecule has 0 radical (unpaired) electrons. The minimum atomic E-state index is -0.640. The van der Waals surface area contributed by atoms with Crippen LogP contribution in [0.15, 0.2) is 121 Å². The van der Waals surface area contributed by atoms with Gasteiger partial charge in [0.25, 0.3) is 0 Å². The molecule has 0 spiro atoms. The Labute approximate surface area is 242 Å². The zero-order valence-electron chi connectivity index (χ0n) is 23.3. The summed E-state index contributed by atoms with van der Waals surface area (Å²) in [4.78, 5) is 16.3. The van der Waals surface area contributed by atoms with Crippen LogP contribution in [-0.4, -0.2) is 46.2 Å². The van der Waals surface area contributed by atoms with Gasteiger partial charge in [-0.3, -0.25) is 4.79 Å². The molecule has 5 nitrogen and oxygen atoms in total. The van der Waals surface area contributed by atoms with Crippen LogP contribution in [0.5, 0.6) is 5.88 Å². The first-order valence-electron chi connectivity index (χ1n) is 14.6. The van der Waals surface area contributed by atoms with Gasteiger partial charge in [0.15, 0.2) is 5.88 Å². The Morgan fingerprint density at radius 1 is 0.756 bits per heavy atom. The highest BCUT2D eigenvalue weighted by molar-refractivity contribution is 5.90. The van der Waals surface area contributed by atoms with Crippen LogP contribution in [0.1, 0.15) is 47.9 Å². The number of hydrogen-bond donors (Lipinski definition) is 2. The third-order valence-corrected chi connectivity index (χ3v) is 8.44. The van der Waals surface area contributed by atoms with Gasteiger partial charge in [-0.25, -0.2) is 0 Å². The van der Waals surface area contributed by atoms with Gasteiger partial charge in [-0.15, -0.1) is 0 Å². The summed E-state index contributed by atoms with van der Waals surface area (Å²) < 4.78 is 1.71. The molecule has 1 aliphatic heterocycles. The van der Waals surface area contributed by atoms with Crippen molar-refractivity contribution in [1.29, 1.82) is 0 Å². The van der Waals surface area contributed by atoms with E-state index in [4.69, 9.17) is 0 Å². The van der Waals surface area contributed by atoms with Gasteiger partial charge in [0.2, 0.25) is 5.91 Å². The molecule has 5 heteroatoms. The molecule has 1 aliphatic rings. The first-order valence-corrected chi connectivity index (χ1v) is 14.6. The SMILES string of the molecule is O=C(NC1CCN(CCC(c2ccccc2)c2ccccc2)CC1)C(c1ccccc1)n1cc2ccccc2c1O. The lowest BCUT2D eigenvalue weighted by Crippen LogP contribution is -2.47. The maximum absolute atomic E-state index is 13.8. The van der Waals surface area contributed by atoms with E-state index >= 15 is 0 Å². The second kappa shape index (κ2) is 12.4. The van der Waals surface area contributed by atoms with Gasteiger partial charge >= 0.3 is 0 Å². The highest BCUT2D eigenvalue weighted by Gasteiger charge is 2.29. The Hall–Kier alpha value is -4.35. The van der Waals surface area contributed by atoms with Gasteiger partial charge < -0.3 is 19.9 Å². The Kier molecular flexibility index (Phi) is 8.15. The Balaban J connectivity index is 1.11. The van der Waals surface area contributed by atoms with Gasteiger partial charge in [-0.2, -0.15) is 0 Å². The zero-order chi connectivity index (χ0) is 28.0. The van der Waals surface area contributed by atoms with E-state index in [1.807, 2.05) is 60.8 Å². The van der Waals surface area contributed by atoms with Crippen molar-refractivity contribution in [2.24, 2.45) is 0 Å². The fourth-order valence-corrected chi connectivity index (χ4v) is 6.22. The maximum Gasteiger partial charge on any atom is 0.248 e. The van der Waals surface area contributed by atoms with Crippen LogP contribution in [0.4, 0.5) is 0 Å². The molecule has 41 heavy (non-hydrogen) atoms. The minimum Gasteiger partial charge on any atom is -0.494 e. The average Bonchev–Trinajstić information content (AvgIpc) is 3.35. The molecule has 2 N–H and O–H groups in total. The second-order valence-corrected chi connectivity index (χ2v) is 11.0. The summed E-state index contributed by atoms with van der Waals surface area (Å²) in [5, 5.41) is 16.0. The molecule has 1 unspecified atom stereocenters. The number of rotatable bonds is 9. The number of piperidine rings is 1. The van der Waals surface area contributed by atoms with Crippen LogP contribution < -0.4 is 5.32 Å². The predicted molar refractivity (Wildman–Crippen MR) is 165 cm³/mol. The van der Waals surface area contributed by atoms with Crippen LogP contribution >= 0.6 is 0 Å². The van der Waals surface area contributed by atoms with Crippen molar-refractivity contribution in [3.05, 3.63) is 138 Å². The van der Waals surface area contributed by atoms with Gasteiger partial charge in [0.05, 0.1) is 0 Å². The van der Waals surface area contributed by atoms with Crippen molar-refractivity contribution in [1.82, 2.24) is 14.8 Å². The molecule has 2 heterocycles. The van der Waals surface area contributed by atoms with Crippen molar-refractivity contribution in [2.45, 2.75) is 37.3 Å². The van der Waals surface area contributed by atoms with Crippen molar-refractivity contribution in [3.8, 4) is 5.88 Å². The smallest absolute Gasteiger partial charge is 0.248 e.